The lowest BCUT2D eigenvalue weighted by Gasteiger charge is -2.40. The lowest BCUT2D eigenvalue weighted by Crippen LogP contribution is -2.43. The molecule has 2 atom stereocenters. The van der Waals surface area contributed by atoms with Crippen LogP contribution < -0.4 is 10.2 Å². The summed E-state index contributed by atoms with van der Waals surface area (Å²) in [5.74, 6) is 0.853. The number of rotatable bonds is 4. The van der Waals surface area contributed by atoms with Gasteiger partial charge in [0.1, 0.15) is 6.07 Å². The van der Waals surface area contributed by atoms with Crippen molar-refractivity contribution in [3.8, 4) is 6.07 Å². The van der Waals surface area contributed by atoms with Gasteiger partial charge in [0.05, 0.1) is 11.3 Å². The molecule has 3 nitrogen and oxygen atoms in total. The molecule has 0 aromatic heterocycles. The standard InChI is InChI=1S/C18H25N3/c1-2-20-13-14-8-9-18(16(11-14)12-19)21-10-4-6-15-5-3-7-17(15)21/h8-9,11,15,17,20H,2-7,10,13H2,1H3. The molecule has 0 amide bonds. The Kier molecular flexibility index (Phi) is 4.45. The number of piperidine rings is 1. The first-order chi connectivity index (χ1) is 10.3. The Morgan fingerprint density at radius 3 is 2.95 bits per heavy atom. The quantitative estimate of drug-likeness (QED) is 0.920. The molecule has 1 heterocycles. The Hall–Kier alpha value is -1.53. The largest absolute Gasteiger partial charge is 0.367 e. The highest BCUT2D eigenvalue weighted by molar-refractivity contribution is 5.61. The Morgan fingerprint density at radius 1 is 1.29 bits per heavy atom. The predicted molar refractivity (Wildman–Crippen MR) is 86.2 cm³/mol. The molecule has 21 heavy (non-hydrogen) atoms. The van der Waals surface area contributed by atoms with Crippen LogP contribution in [0.4, 0.5) is 5.69 Å². The van der Waals surface area contributed by atoms with Crippen molar-refractivity contribution in [3.63, 3.8) is 0 Å². The summed E-state index contributed by atoms with van der Waals surface area (Å²) in [4.78, 5) is 2.52. The third-order valence-electron chi connectivity index (χ3n) is 5.06. The molecule has 0 bridgehead atoms. The molecule has 1 saturated carbocycles. The van der Waals surface area contributed by atoms with Crippen molar-refractivity contribution in [2.75, 3.05) is 18.0 Å². The van der Waals surface area contributed by atoms with E-state index in [0.717, 1.165) is 36.8 Å². The summed E-state index contributed by atoms with van der Waals surface area (Å²) in [5, 5.41) is 12.9. The maximum Gasteiger partial charge on any atom is 0.101 e. The third-order valence-corrected chi connectivity index (χ3v) is 5.06. The van der Waals surface area contributed by atoms with E-state index in [1.54, 1.807) is 0 Å². The van der Waals surface area contributed by atoms with Gasteiger partial charge in [0, 0.05) is 19.1 Å². The molecule has 1 saturated heterocycles. The number of nitrogens with one attached hydrogen (secondary N) is 1. The molecular formula is C18H25N3. The van der Waals surface area contributed by atoms with Crippen molar-refractivity contribution >= 4 is 5.69 Å². The van der Waals surface area contributed by atoms with Crippen LogP contribution >= 0.6 is 0 Å². The van der Waals surface area contributed by atoms with Gasteiger partial charge in [-0.05, 0) is 55.8 Å². The van der Waals surface area contributed by atoms with E-state index in [4.69, 9.17) is 0 Å². The average molecular weight is 283 g/mol. The summed E-state index contributed by atoms with van der Waals surface area (Å²) in [6.45, 7) is 5.02. The van der Waals surface area contributed by atoms with E-state index in [-0.39, 0.29) is 0 Å². The van der Waals surface area contributed by atoms with E-state index in [2.05, 4.69) is 41.4 Å². The van der Waals surface area contributed by atoms with Crippen molar-refractivity contribution in [1.29, 1.82) is 5.26 Å². The monoisotopic (exact) mass is 283 g/mol. The fourth-order valence-electron chi connectivity index (χ4n) is 4.06. The number of hydrogen-bond donors (Lipinski definition) is 1. The van der Waals surface area contributed by atoms with Gasteiger partial charge in [0.25, 0.3) is 0 Å². The molecular weight excluding hydrogens is 258 g/mol. The van der Waals surface area contributed by atoms with Gasteiger partial charge in [-0.3, -0.25) is 0 Å². The zero-order valence-electron chi connectivity index (χ0n) is 12.9. The van der Waals surface area contributed by atoms with Crippen LogP contribution in [-0.2, 0) is 6.54 Å². The summed E-state index contributed by atoms with van der Waals surface area (Å²) < 4.78 is 0. The molecule has 0 spiro atoms. The van der Waals surface area contributed by atoms with Crippen LogP contribution in [-0.4, -0.2) is 19.1 Å². The number of nitriles is 1. The summed E-state index contributed by atoms with van der Waals surface area (Å²) in [5.41, 5.74) is 3.21. The van der Waals surface area contributed by atoms with E-state index < -0.39 is 0 Å². The van der Waals surface area contributed by atoms with Gasteiger partial charge in [-0.15, -0.1) is 0 Å². The lowest BCUT2D eigenvalue weighted by molar-refractivity contribution is 0.362. The first-order valence-corrected chi connectivity index (χ1v) is 8.34. The second-order valence-electron chi connectivity index (χ2n) is 6.34. The van der Waals surface area contributed by atoms with Crippen LogP contribution in [0.25, 0.3) is 0 Å². The predicted octanol–water partition coefficient (Wildman–Crippen LogP) is 3.44. The van der Waals surface area contributed by atoms with Gasteiger partial charge >= 0.3 is 0 Å². The third kappa shape index (κ3) is 2.91. The van der Waals surface area contributed by atoms with Gasteiger partial charge in [-0.25, -0.2) is 0 Å². The molecule has 1 aliphatic heterocycles. The molecule has 112 valence electrons. The zero-order chi connectivity index (χ0) is 14.7. The van der Waals surface area contributed by atoms with Crippen molar-refractivity contribution in [3.05, 3.63) is 29.3 Å². The first kappa shape index (κ1) is 14.4. The highest BCUT2D eigenvalue weighted by Crippen LogP contribution is 2.40. The fourth-order valence-corrected chi connectivity index (χ4v) is 4.06. The minimum atomic E-state index is 0.672. The molecule has 1 N–H and O–H groups in total. The van der Waals surface area contributed by atoms with E-state index in [1.165, 1.54) is 37.7 Å². The second-order valence-corrected chi connectivity index (χ2v) is 6.34. The number of hydrogen-bond acceptors (Lipinski definition) is 3. The normalized spacial score (nSPS) is 24.7. The molecule has 2 fully saturated rings. The van der Waals surface area contributed by atoms with Gasteiger partial charge < -0.3 is 10.2 Å². The summed E-state index contributed by atoms with van der Waals surface area (Å²) in [6, 6.07) is 9.51. The van der Waals surface area contributed by atoms with Crippen molar-refractivity contribution in [1.82, 2.24) is 5.32 Å². The molecule has 3 heteroatoms. The van der Waals surface area contributed by atoms with Crippen LogP contribution in [0.1, 0.15) is 50.2 Å². The van der Waals surface area contributed by atoms with E-state index >= 15 is 0 Å². The van der Waals surface area contributed by atoms with E-state index in [1.807, 2.05) is 0 Å². The zero-order valence-corrected chi connectivity index (χ0v) is 12.9. The van der Waals surface area contributed by atoms with Crippen LogP contribution in [0.2, 0.25) is 0 Å². The van der Waals surface area contributed by atoms with Crippen molar-refractivity contribution in [2.45, 2.75) is 51.6 Å². The van der Waals surface area contributed by atoms with Crippen molar-refractivity contribution in [2.24, 2.45) is 5.92 Å². The summed E-state index contributed by atoms with van der Waals surface area (Å²) in [7, 11) is 0. The Bertz CT molecular complexity index is 532. The van der Waals surface area contributed by atoms with E-state index in [0.29, 0.717) is 6.04 Å². The molecule has 2 unspecified atom stereocenters. The smallest absolute Gasteiger partial charge is 0.101 e. The van der Waals surface area contributed by atoms with Crippen molar-refractivity contribution < 1.29 is 0 Å². The summed E-state index contributed by atoms with van der Waals surface area (Å²) >= 11 is 0. The van der Waals surface area contributed by atoms with Crippen LogP contribution in [0.3, 0.4) is 0 Å². The maximum atomic E-state index is 9.54. The highest BCUT2D eigenvalue weighted by atomic mass is 15.2. The lowest BCUT2D eigenvalue weighted by atomic mass is 9.91. The van der Waals surface area contributed by atoms with Crippen LogP contribution in [0.15, 0.2) is 18.2 Å². The average Bonchev–Trinajstić information content (AvgIpc) is 3.01. The van der Waals surface area contributed by atoms with Gasteiger partial charge in [0.2, 0.25) is 0 Å². The fraction of sp³-hybridized carbons (Fsp3) is 0.611. The van der Waals surface area contributed by atoms with Crippen LogP contribution in [0, 0.1) is 17.2 Å². The molecule has 0 radical (unpaired) electrons. The number of anilines is 1. The summed E-state index contributed by atoms with van der Waals surface area (Å²) in [6.07, 6.45) is 6.68. The Morgan fingerprint density at radius 2 is 2.14 bits per heavy atom. The van der Waals surface area contributed by atoms with Gasteiger partial charge in [0.15, 0.2) is 0 Å². The minimum absolute atomic E-state index is 0.672. The topological polar surface area (TPSA) is 39.1 Å². The van der Waals surface area contributed by atoms with Gasteiger partial charge in [-0.1, -0.05) is 19.4 Å². The highest BCUT2D eigenvalue weighted by Gasteiger charge is 2.35. The Labute approximate surface area is 128 Å². The first-order valence-electron chi connectivity index (χ1n) is 8.34. The molecule has 1 aromatic rings. The number of benzene rings is 1. The van der Waals surface area contributed by atoms with E-state index in [9.17, 15) is 5.26 Å². The molecule has 1 aromatic carbocycles. The van der Waals surface area contributed by atoms with Crippen LogP contribution in [0.5, 0.6) is 0 Å². The molecule has 3 rings (SSSR count). The minimum Gasteiger partial charge on any atom is -0.367 e. The van der Waals surface area contributed by atoms with Gasteiger partial charge in [-0.2, -0.15) is 5.26 Å². The molecule has 1 aliphatic carbocycles. The Balaban J connectivity index is 1.85. The number of fused-ring (bicyclic) bond motifs is 1. The SMILES string of the molecule is CCNCc1ccc(N2CCCC3CCCC32)c(C#N)c1. The molecule has 2 aliphatic rings. The number of nitrogens with zero attached hydrogens (tertiary/aromatic N) is 2. The second kappa shape index (κ2) is 6.49. The maximum absolute atomic E-state index is 9.54.